The zero-order valence-electron chi connectivity index (χ0n) is 15.9. The van der Waals surface area contributed by atoms with Gasteiger partial charge in [0.05, 0.1) is 11.2 Å². The fourth-order valence-electron chi connectivity index (χ4n) is 2.46. The first kappa shape index (κ1) is 20.7. The first-order chi connectivity index (χ1) is 11.7. The molecule has 5 nitrogen and oxygen atoms in total. The van der Waals surface area contributed by atoms with E-state index in [2.05, 4.69) is 15.9 Å². The molecule has 0 unspecified atom stereocenters. The molecule has 7 heteroatoms. The van der Waals surface area contributed by atoms with Crippen molar-refractivity contribution in [1.29, 1.82) is 0 Å². The predicted octanol–water partition coefficient (Wildman–Crippen LogP) is 3.53. The average Bonchev–Trinajstić information content (AvgIpc) is 2.73. The molecule has 0 spiro atoms. The van der Waals surface area contributed by atoms with Crippen LogP contribution in [0.5, 0.6) is 5.75 Å². The Morgan fingerprint density at radius 1 is 1.00 bits per heavy atom. The van der Waals surface area contributed by atoms with E-state index in [0.717, 1.165) is 9.94 Å². The zero-order chi connectivity index (χ0) is 18.7. The van der Waals surface area contributed by atoms with Gasteiger partial charge in [-0.15, -0.1) is 0 Å². The number of hydrogen-bond acceptors (Lipinski definition) is 5. The van der Waals surface area contributed by atoms with Gasteiger partial charge in [0, 0.05) is 17.7 Å². The van der Waals surface area contributed by atoms with Gasteiger partial charge < -0.3 is 23.5 Å². The van der Waals surface area contributed by atoms with Crippen LogP contribution in [-0.2, 0) is 18.8 Å². The van der Waals surface area contributed by atoms with Crippen molar-refractivity contribution in [3.05, 3.63) is 22.7 Å². The van der Waals surface area contributed by atoms with Gasteiger partial charge in [0.25, 0.3) is 0 Å². The maximum Gasteiger partial charge on any atom is 0.495 e. The molecule has 0 radical (unpaired) electrons. The Bertz CT molecular complexity index is 557. The summed E-state index contributed by atoms with van der Waals surface area (Å²) in [4.78, 5) is 0. The highest BCUT2D eigenvalue weighted by Crippen LogP contribution is 2.36. The van der Waals surface area contributed by atoms with E-state index >= 15 is 0 Å². The van der Waals surface area contributed by atoms with Crippen molar-refractivity contribution in [2.24, 2.45) is 0 Å². The Morgan fingerprint density at radius 3 is 2.08 bits per heavy atom. The SMILES string of the molecule is CCOC(COc1cc(Br)cc(B2OC(C)(C)C(C)(C)O2)c1)OCC. The fourth-order valence-corrected chi connectivity index (χ4v) is 2.95. The lowest BCUT2D eigenvalue weighted by atomic mass is 9.79. The van der Waals surface area contributed by atoms with Gasteiger partial charge in [0.15, 0.2) is 6.29 Å². The summed E-state index contributed by atoms with van der Waals surface area (Å²) >= 11 is 3.53. The van der Waals surface area contributed by atoms with Crippen molar-refractivity contribution in [1.82, 2.24) is 0 Å². The van der Waals surface area contributed by atoms with Crippen LogP contribution in [0.25, 0.3) is 0 Å². The van der Waals surface area contributed by atoms with Crippen LogP contribution in [0.1, 0.15) is 41.5 Å². The van der Waals surface area contributed by atoms with E-state index in [-0.39, 0.29) is 17.5 Å². The number of halogens is 1. The normalized spacial score (nSPS) is 18.8. The molecule has 0 aromatic heterocycles. The van der Waals surface area contributed by atoms with E-state index in [9.17, 15) is 0 Å². The van der Waals surface area contributed by atoms with E-state index in [1.807, 2.05) is 59.7 Å². The van der Waals surface area contributed by atoms with E-state index < -0.39 is 7.12 Å². The summed E-state index contributed by atoms with van der Waals surface area (Å²) in [5.74, 6) is 0.712. The smallest absolute Gasteiger partial charge is 0.488 e. The van der Waals surface area contributed by atoms with Gasteiger partial charge in [-0.3, -0.25) is 0 Å². The van der Waals surface area contributed by atoms with Crippen LogP contribution < -0.4 is 10.2 Å². The second kappa shape index (κ2) is 8.40. The summed E-state index contributed by atoms with van der Waals surface area (Å²) in [6.07, 6.45) is -0.380. The Labute approximate surface area is 159 Å². The Kier molecular flexibility index (Phi) is 6.96. The van der Waals surface area contributed by atoms with Crippen molar-refractivity contribution in [3.63, 3.8) is 0 Å². The molecular formula is C18H28BBrO5. The monoisotopic (exact) mass is 414 g/mol. The molecule has 1 fully saturated rings. The average molecular weight is 415 g/mol. The molecule has 25 heavy (non-hydrogen) atoms. The molecule has 1 aromatic rings. The first-order valence-electron chi connectivity index (χ1n) is 8.70. The minimum absolute atomic E-state index is 0.320. The summed E-state index contributed by atoms with van der Waals surface area (Å²) in [7, 11) is -0.431. The van der Waals surface area contributed by atoms with Crippen molar-refractivity contribution >= 4 is 28.5 Å². The Hall–Kier alpha value is -0.595. The van der Waals surface area contributed by atoms with E-state index in [4.69, 9.17) is 23.5 Å². The third kappa shape index (κ3) is 5.20. The summed E-state index contributed by atoms with van der Waals surface area (Å²) in [6, 6.07) is 5.82. The van der Waals surface area contributed by atoms with Gasteiger partial charge >= 0.3 is 7.12 Å². The van der Waals surface area contributed by atoms with E-state index in [1.165, 1.54) is 0 Å². The minimum Gasteiger partial charge on any atom is -0.488 e. The summed E-state index contributed by atoms with van der Waals surface area (Å²) in [6.45, 7) is 13.5. The molecule has 0 saturated carbocycles. The molecule has 140 valence electrons. The molecule has 0 aliphatic carbocycles. The molecule has 1 aromatic carbocycles. The molecule has 1 heterocycles. The van der Waals surface area contributed by atoms with Gasteiger partial charge in [0.1, 0.15) is 12.4 Å². The third-order valence-electron chi connectivity index (χ3n) is 4.51. The lowest BCUT2D eigenvalue weighted by molar-refractivity contribution is -0.152. The second-order valence-electron chi connectivity index (χ2n) is 6.96. The Morgan fingerprint density at radius 2 is 1.56 bits per heavy atom. The standard InChI is InChI=1S/C18H28BBrO5/c1-7-21-16(22-8-2)12-23-15-10-13(9-14(20)11-15)19-24-17(3,4)18(5,6)25-19/h9-11,16H,7-8,12H2,1-6H3. The highest BCUT2D eigenvalue weighted by Gasteiger charge is 2.51. The largest absolute Gasteiger partial charge is 0.495 e. The molecule has 1 aliphatic heterocycles. The molecular weight excluding hydrogens is 387 g/mol. The molecule has 0 atom stereocenters. The second-order valence-corrected chi connectivity index (χ2v) is 7.88. The van der Waals surface area contributed by atoms with Crippen molar-refractivity contribution in [2.75, 3.05) is 19.8 Å². The van der Waals surface area contributed by atoms with Crippen LogP contribution >= 0.6 is 15.9 Å². The van der Waals surface area contributed by atoms with Gasteiger partial charge in [-0.1, -0.05) is 15.9 Å². The fraction of sp³-hybridized carbons (Fsp3) is 0.667. The van der Waals surface area contributed by atoms with Crippen molar-refractivity contribution < 1.29 is 23.5 Å². The quantitative estimate of drug-likeness (QED) is 0.481. The van der Waals surface area contributed by atoms with Gasteiger partial charge in [0.2, 0.25) is 0 Å². The van der Waals surface area contributed by atoms with Crippen LogP contribution in [0.15, 0.2) is 22.7 Å². The highest BCUT2D eigenvalue weighted by atomic mass is 79.9. The number of hydrogen-bond donors (Lipinski definition) is 0. The van der Waals surface area contributed by atoms with Gasteiger partial charge in [-0.05, 0) is 65.2 Å². The van der Waals surface area contributed by atoms with Crippen LogP contribution in [0, 0.1) is 0 Å². The third-order valence-corrected chi connectivity index (χ3v) is 4.97. The van der Waals surface area contributed by atoms with Gasteiger partial charge in [-0.25, -0.2) is 0 Å². The zero-order valence-corrected chi connectivity index (χ0v) is 17.5. The first-order valence-corrected chi connectivity index (χ1v) is 9.50. The lowest BCUT2D eigenvalue weighted by Gasteiger charge is -2.32. The van der Waals surface area contributed by atoms with Crippen LogP contribution in [0.2, 0.25) is 0 Å². The number of rotatable bonds is 8. The summed E-state index contributed by atoms with van der Waals surface area (Å²) in [5, 5.41) is 0. The predicted molar refractivity (Wildman–Crippen MR) is 102 cm³/mol. The van der Waals surface area contributed by atoms with Gasteiger partial charge in [-0.2, -0.15) is 0 Å². The van der Waals surface area contributed by atoms with Crippen LogP contribution in [-0.4, -0.2) is 44.4 Å². The maximum absolute atomic E-state index is 6.11. The van der Waals surface area contributed by atoms with Crippen LogP contribution in [0.4, 0.5) is 0 Å². The highest BCUT2D eigenvalue weighted by molar-refractivity contribution is 9.10. The molecule has 2 rings (SSSR count). The lowest BCUT2D eigenvalue weighted by Crippen LogP contribution is -2.41. The molecule has 0 amide bonds. The number of ether oxygens (including phenoxy) is 3. The van der Waals surface area contributed by atoms with Crippen molar-refractivity contribution in [3.8, 4) is 5.75 Å². The minimum atomic E-state index is -0.431. The maximum atomic E-state index is 6.11. The molecule has 0 N–H and O–H groups in total. The molecule has 1 saturated heterocycles. The van der Waals surface area contributed by atoms with Crippen LogP contribution in [0.3, 0.4) is 0 Å². The summed E-state index contributed by atoms with van der Waals surface area (Å²) in [5.41, 5.74) is 0.152. The Balaban J connectivity index is 2.10. The molecule has 1 aliphatic rings. The van der Waals surface area contributed by atoms with E-state index in [0.29, 0.717) is 25.6 Å². The van der Waals surface area contributed by atoms with Crippen molar-refractivity contribution in [2.45, 2.75) is 59.0 Å². The van der Waals surface area contributed by atoms with E-state index in [1.54, 1.807) is 0 Å². The summed E-state index contributed by atoms with van der Waals surface area (Å²) < 4.78 is 30.0. The molecule has 0 bridgehead atoms. The topological polar surface area (TPSA) is 46.2 Å². The number of benzene rings is 1.